The molecule has 1 aliphatic heterocycles. The van der Waals surface area contributed by atoms with E-state index >= 15 is 0 Å². The van der Waals surface area contributed by atoms with Gasteiger partial charge >= 0.3 is 0 Å². The van der Waals surface area contributed by atoms with E-state index in [1.165, 1.54) is 0 Å². The third-order valence-electron chi connectivity index (χ3n) is 2.90. The van der Waals surface area contributed by atoms with Gasteiger partial charge < -0.3 is 9.64 Å². The number of halogens is 2. The molecular formula is C15H12Br2NO2Y-. The molecule has 1 aromatic carbocycles. The molecule has 0 aliphatic carbocycles. The van der Waals surface area contributed by atoms with Gasteiger partial charge in [0.25, 0.3) is 0 Å². The van der Waals surface area contributed by atoms with Crippen molar-refractivity contribution in [2.45, 2.75) is 11.2 Å². The molecule has 2 rings (SSSR count). The molecule has 6 heteroatoms. The number of hydrogen-bond acceptors (Lipinski definition) is 2. The minimum absolute atomic E-state index is 0. The van der Waals surface area contributed by atoms with Gasteiger partial charge in [-0.05, 0) is 12.1 Å². The quantitative estimate of drug-likeness (QED) is 0.373. The predicted octanol–water partition coefficient (Wildman–Crippen LogP) is 3.23. The molecule has 0 saturated carbocycles. The summed E-state index contributed by atoms with van der Waals surface area (Å²) in [4.78, 5) is 13.4. The van der Waals surface area contributed by atoms with Crippen LogP contribution in [0.25, 0.3) is 5.70 Å². The molecule has 1 amide bonds. The molecule has 1 atom stereocenters. The minimum atomic E-state index is -0.201. The molecule has 1 unspecified atom stereocenters. The summed E-state index contributed by atoms with van der Waals surface area (Å²) < 4.78 is 6.19. The molecule has 107 valence electrons. The monoisotopic (exact) mass is 485 g/mol. The zero-order valence-electron chi connectivity index (χ0n) is 11.4. The standard InChI is InChI=1S/C15H12Br2NO2.Y/c1-3-8-20-10-4-5-11(13(17)9-10)14-7-6-12(16)15(19)18(14)2;/h1,4-5,9,12H,6,8H2,2H3;/q-1;. The molecule has 0 fully saturated rings. The van der Waals surface area contributed by atoms with E-state index in [1.54, 1.807) is 11.9 Å². The van der Waals surface area contributed by atoms with Crippen molar-refractivity contribution in [1.29, 1.82) is 0 Å². The molecule has 0 bridgehead atoms. The van der Waals surface area contributed by atoms with Gasteiger partial charge in [-0.2, -0.15) is 0 Å². The Morgan fingerprint density at radius 2 is 2.29 bits per heavy atom. The number of terminal acetylenes is 1. The normalized spacial score (nSPS) is 17.6. The first kappa shape index (κ1) is 18.9. The van der Waals surface area contributed by atoms with Gasteiger partial charge in [0.15, 0.2) is 0 Å². The van der Waals surface area contributed by atoms with Crippen LogP contribution in [0.15, 0.2) is 22.7 Å². The SMILES string of the molecule is C#CCOc1ccc(C2=[C-]CC(Br)C(=O)N2C)c(Br)c1.[Y]. The topological polar surface area (TPSA) is 29.5 Å². The summed E-state index contributed by atoms with van der Waals surface area (Å²) in [5.74, 6) is 3.13. The molecular weight excluding hydrogens is 475 g/mol. The summed E-state index contributed by atoms with van der Waals surface area (Å²) in [6.07, 6.45) is 8.95. The molecule has 0 N–H and O–H groups in total. The van der Waals surface area contributed by atoms with Gasteiger partial charge in [-0.25, -0.2) is 6.08 Å². The molecule has 3 nitrogen and oxygen atoms in total. The van der Waals surface area contributed by atoms with Crippen molar-refractivity contribution < 1.29 is 42.2 Å². The van der Waals surface area contributed by atoms with E-state index < -0.39 is 0 Å². The Labute approximate surface area is 166 Å². The maximum absolute atomic E-state index is 12.0. The molecule has 0 spiro atoms. The second kappa shape index (κ2) is 8.48. The van der Waals surface area contributed by atoms with E-state index in [-0.39, 0.29) is 50.1 Å². The van der Waals surface area contributed by atoms with Crippen molar-refractivity contribution in [2.75, 3.05) is 13.7 Å². The summed E-state index contributed by atoms with van der Waals surface area (Å²) >= 11 is 6.83. The van der Waals surface area contributed by atoms with Crippen molar-refractivity contribution in [3.63, 3.8) is 0 Å². The average molecular weight is 487 g/mol. The number of allylic oxidation sites excluding steroid dienone is 1. The Bertz CT molecular complexity index is 610. The first-order valence-corrected chi connectivity index (χ1v) is 7.64. The Balaban J connectivity index is 0.00000220. The minimum Gasteiger partial charge on any atom is -0.481 e. The van der Waals surface area contributed by atoms with Crippen molar-refractivity contribution in [1.82, 2.24) is 4.90 Å². The smallest absolute Gasteiger partial charge is 0.236 e. The maximum Gasteiger partial charge on any atom is 0.236 e. The number of alkyl halides is 1. The van der Waals surface area contributed by atoms with Gasteiger partial charge in [-0.15, -0.1) is 23.8 Å². The second-order valence-corrected chi connectivity index (χ2v) is 6.19. The van der Waals surface area contributed by atoms with Gasteiger partial charge in [0.1, 0.15) is 12.4 Å². The van der Waals surface area contributed by atoms with Crippen molar-refractivity contribution in [3.8, 4) is 18.1 Å². The Morgan fingerprint density at radius 1 is 1.57 bits per heavy atom. The van der Waals surface area contributed by atoms with E-state index in [4.69, 9.17) is 11.2 Å². The van der Waals surface area contributed by atoms with E-state index in [2.05, 4.69) is 43.9 Å². The fourth-order valence-electron chi connectivity index (χ4n) is 1.89. The Hall–Kier alpha value is -0.146. The van der Waals surface area contributed by atoms with Crippen LogP contribution in [-0.2, 0) is 37.5 Å². The fraction of sp³-hybridized carbons (Fsp3) is 0.267. The van der Waals surface area contributed by atoms with Crippen LogP contribution in [0.2, 0.25) is 0 Å². The number of carbonyl (C=O) groups is 1. The third-order valence-corrected chi connectivity index (χ3v) is 4.27. The van der Waals surface area contributed by atoms with Gasteiger partial charge in [0.05, 0.1) is 4.83 Å². The maximum atomic E-state index is 12.0. The molecule has 0 saturated heterocycles. The van der Waals surface area contributed by atoms with Crippen LogP contribution < -0.4 is 4.74 Å². The molecule has 1 heterocycles. The summed E-state index contributed by atoms with van der Waals surface area (Å²) in [5.41, 5.74) is 1.66. The predicted molar refractivity (Wildman–Crippen MR) is 85.2 cm³/mol. The first-order valence-electron chi connectivity index (χ1n) is 5.93. The van der Waals surface area contributed by atoms with E-state index in [0.29, 0.717) is 12.2 Å². The second-order valence-electron chi connectivity index (χ2n) is 4.23. The van der Waals surface area contributed by atoms with Crippen LogP contribution in [0.3, 0.4) is 0 Å². The van der Waals surface area contributed by atoms with Crippen LogP contribution in [0.4, 0.5) is 0 Å². The van der Waals surface area contributed by atoms with E-state index in [1.807, 2.05) is 18.2 Å². The zero-order valence-corrected chi connectivity index (χ0v) is 17.4. The molecule has 1 aromatic rings. The zero-order chi connectivity index (χ0) is 14.7. The molecule has 21 heavy (non-hydrogen) atoms. The number of carbonyl (C=O) groups excluding carboxylic acids is 1. The Morgan fingerprint density at radius 3 is 2.90 bits per heavy atom. The van der Waals surface area contributed by atoms with Gasteiger partial charge in [-0.3, -0.25) is 4.79 Å². The van der Waals surface area contributed by atoms with Crippen LogP contribution in [-0.4, -0.2) is 29.3 Å². The number of nitrogens with zero attached hydrogens (tertiary/aromatic N) is 1. The van der Waals surface area contributed by atoms with Crippen LogP contribution >= 0.6 is 31.9 Å². The Kier molecular flexibility index (Phi) is 7.63. The molecule has 0 aromatic heterocycles. The molecule has 1 aliphatic rings. The largest absolute Gasteiger partial charge is 0.481 e. The summed E-state index contributed by atoms with van der Waals surface area (Å²) in [5, 5.41) is 0. The number of rotatable bonds is 3. The number of benzene rings is 1. The summed E-state index contributed by atoms with van der Waals surface area (Å²) in [6.45, 7) is 0.226. The van der Waals surface area contributed by atoms with Crippen LogP contribution in [0, 0.1) is 18.4 Å². The van der Waals surface area contributed by atoms with Gasteiger partial charge in [0.2, 0.25) is 5.91 Å². The summed E-state index contributed by atoms with van der Waals surface area (Å²) in [6, 6.07) is 5.54. The number of hydrogen-bond donors (Lipinski definition) is 0. The number of amides is 1. The summed E-state index contributed by atoms with van der Waals surface area (Å²) in [7, 11) is 1.74. The molecule has 1 radical (unpaired) electrons. The van der Waals surface area contributed by atoms with Crippen molar-refractivity contribution >= 4 is 43.5 Å². The van der Waals surface area contributed by atoms with Gasteiger partial charge in [-0.1, -0.05) is 48.7 Å². The van der Waals surface area contributed by atoms with Crippen LogP contribution in [0.1, 0.15) is 12.0 Å². The van der Waals surface area contributed by atoms with Gasteiger partial charge in [0, 0.05) is 39.8 Å². The van der Waals surface area contributed by atoms with Crippen molar-refractivity contribution in [2.24, 2.45) is 0 Å². The first-order chi connectivity index (χ1) is 9.54. The van der Waals surface area contributed by atoms with E-state index in [0.717, 1.165) is 15.7 Å². The van der Waals surface area contributed by atoms with Crippen LogP contribution in [0.5, 0.6) is 5.75 Å². The van der Waals surface area contributed by atoms with E-state index in [9.17, 15) is 4.79 Å². The number of ether oxygens (including phenoxy) is 1. The van der Waals surface area contributed by atoms with Crippen molar-refractivity contribution in [3.05, 3.63) is 34.3 Å². The average Bonchev–Trinajstić information content (AvgIpc) is 2.44. The third kappa shape index (κ3) is 4.42. The fourth-order valence-corrected chi connectivity index (χ4v) is 2.91.